The molecule has 2 rings (SSSR count). The third kappa shape index (κ3) is 3.36. The van der Waals surface area contributed by atoms with Gasteiger partial charge in [0.05, 0.1) is 12.3 Å². The number of hydrogen-bond donors (Lipinski definition) is 3. The average Bonchev–Trinajstić information content (AvgIpc) is 2.45. The van der Waals surface area contributed by atoms with Crippen molar-refractivity contribution in [2.24, 2.45) is 0 Å². The molecule has 0 bridgehead atoms. The lowest BCUT2D eigenvalue weighted by molar-refractivity contribution is -0.137. The highest BCUT2D eigenvalue weighted by atomic mass is 16.4. The molecular formula is C15H20N2O3. The van der Waals surface area contributed by atoms with Crippen LogP contribution in [0.4, 0.5) is 0 Å². The van der Waals surface area contributed by atoms with Gasteiger partial charge in [0.25, 0.3) is 0 Å². The minimum absolute atomic E-state index is 0.0377. The minimum Gasteiger partial charge on any atom is -0.481 e. The fourth-order valence-corrected chi connectivity index (χ4v) is 2.54. The molecule has 0 aliphatic carbocycles. The van der Waals surface area contributed by atoms with Gasteiger partial charge in [-0.05, 0) is 17.5 Å². The maximum Gasteiger partial charge on any atom is 0.305 e. The maximum atomic E-state index is 12.4. The zero-order chi connectivity index (χ0) is 14.5. The van der Waals surface area contributed by atoms with E-state index in [0.717, 1.165) is 17.7 Å². The van der Waals surface area contributed by atoms with E-state index in [-0.39, 0.29) is 24.3 Å². The summed E-state index contributed by atoms with van der Waals surface area (Å²) in [7, 11) is 0. The molecule has 0 saturated heterocycles. The zero-order valence-corrected chi connectivity index (χ0v) is 11.6. The van der Waals surface area contributed by atoms with Crippen LogP contribution < -0.4 is 10.6 Å². The summed E-state index contributed by atoms with van der Waals surface area (Å²) in [4.78, 5) is 23.1. The Morgan fingerprint density at radius 1 is 1.45 bits per heavy atom. The van der Waals surface area contributed by atoms with Gasteiger partial charge < -0.3 is 15.7 Å². The van der Waals surface area contributed by atoms with Crippen LogP contribution in [0.1, 0.15) is 36.8 Å². The number of carbonyl (C=O) groups is 2. The van der Waals surface area contributed by atoms with Crippen LogP contribution in [0, 0.1) is 0 Å². The topological polar surface area (TPSA) is 78.4 Å². The number of carboxylic acids is 1. The molecule has 0 spiro atoms. The van der Waals surface area contributed by atoms with Crippen LogP contribution in [0.25, 0.3) is 0 Å². The Hall–Kier alpha value is -1.88. The van der Waals surface area contributed by atoms with Gasteiger partial charge in [-0.2, -0.15) is 0 Å². The molecule has 108 valence electrons. The molecule has 2 unspecified atom stereocenters. The van der Waals surface area contributed by atoms with Crippen LogP contribution in [0.3, 0.4) is 0 Å². The molecule has 3 N–H and O–H groups in total. The smallest absolute Gasteiger partial charge is 0.305 e. The largest absolute Gasteiger partial charge is 0.481 e. The second-order valence-corrected chi connectivity index (χ2v) is 5.09. The van der Waals surface area contributed by atoms with Crippen molar-refractivity contribution in [3.05, 3.63) is 35.4 Å². The molecule has 5 nitrogen and oxygen atoms in total. The van der Waals surface area contributed by atoms with Crippen molar-refractivity contribution in [2.45, 2.75) is 38.3 Å². The number of carbonyl (C=O) groups excluding carboxylic acids is 1. The first-order valence-electron chi connectivity index (χ1n) is 6.92. The predicted molar refractivity (Wildman–Crippen MR) is 75.4 cm³/mol. The van der Waals surface area contributed by atoms with E-state index in [4.69, 9.17) is 5.11 Å². The summed E-state index contributed by atoms with van der Waals surface area (Å²) in [6.45, 7) is 3.24. The summed E-state index contributed by atoms with van der Waals surface area (Å²) in [5.74, 6) is -1.24. The number of benzene rings is 1. The Morgan fingerprint density at radius 3 is 2.90 bits per heavy atom. The SMILES string of the molecule is CCC(CC(=O)O)NC(=O)C1CNCc2ccccc21. The van der Waals surface area contributed by atoms with E-state index in [1.165, 1.54) is 0 Å². The normalized spacial score (nSPS) is 18.9. The minimum atomic E-state index is -0.890. The van der Waals surface area contributed by atoms with Crippen LogP contribution in [0.15, 0.2) is 24.3 Å². The number of hydrogen-bond acceptors (Lipinski definition) is 3. The highest BCUT2D eigenvalue weighted by Crippen LogP contribution is 2.24. The molecule has 1 heterocycles. The number of amides is 1. The van der Waals surface area contributed by atoms with Gasteiger partial charge in [0.15, 0.2) is 0 Å². The predicted octanol–water partition coefficient (Wildman–Crippen LogP) is 1.24. The second kappa shape index (κ2) is 6.52. The van der Waals surface area contributed by atoms with Crippen molar-refractivity contribution < 1.29 is 14.7 Å². The van der Waals surface area contributed by atoms with Crippen LogP contribution in [-0.2, 0) is 16.1 Å². The van der Waals surface area contributed by atoms with Crippen LogP contribution in [0.5, 0.6) is 0 Å². The number of rotatable bonds is 5. The second-order valence-electron chi connectivity index (χ2n) is 5.09. The Morgan fingerprint density at radius 2 is 2.20 bits per heavy atom. The molecule has 0 radical (unpaired) electrons. The van der Waals surface area contributed by atoms with Gasteiger partial charge in [0, 0.05) is 19.1 Å². The highest BCUT2D eigenvalue weighted by molar-refractivity contribution is 5.85. The summed E-state index contributed by atoms with van der Waals surface area (Å²) in [6.07, 6.45) is 0.573. The van der Waals surface area contributed by atoms with Gasteiger partial charge >= 0.3 is 5.97 Å². The molecule has 0 saturated carbocycles. The Kier molecular flexibility index (Phi) is 4.74. The average molecular weight is 276 g/mol. The lowest BCUT2D eigenvalue weighted by Gasteiger charge is -2.27. The molecule has 2 atom stereocenters. The molecule has 5 heteroatoms. The molecule has 1 amide bonds. The maximum absolute atomic E-state index is 12.4. The lowest BCUT2D eigenvalue weighted by atomic mass is 9.90. The lowest BCUT2D eigenvalue weighted by Crippen LogP contribution is -2.43. The van der Waals surface area contributed by atoms with Crippen LogP contribution in [-0.4, -0.2) is 29.6 Å². The first kappa shape index (κ1) is 14.5. The molecule has 0 aromatic heterocycles. The Labute approximate surface area is 118 Å². The summed E-state index contributed by atoms with van der Waals surface area (Å²) < 4.78 is 0. The van der Waals surface area contributed by atoms with Crippen molar-refractivity contribution in [3.8, 4) is 0 Å². The summed E-state index contributed by atoms with van der Waals surface area (Å²) >= 11 is 0. The van der Waals surface area contributed by atoms with E-state index in [1.54, 1.807) is 0 Å². The number of fused-ring (bicyclic) bond motifs is 1. The molecule has 20 heavy (non-hydrogen) atoms. The fourth-order valence-electron chi connectivity index (χ4n) is 2.54. The molecule has 0 fully saturated rings. The summed E-state index contributed by atoms with van der Waals surface area (Å²) in [5.41, 5.74) is 2.17. The third-order valence-electron chi connectivity index (χ3n) is 3.67. The van der Waals surface area contributed by atoms with E-state index in [0.29, 0.717) is 13.0 Å². The monoisotopic (exact) mass is 276 g/mol. The fraction of sp³-hybridized carbons (Fsp3) is 0.467. The number of nitrogens with one attached hydrogen (secondary N) is 2. The first-order valence-corrected chi connectivity index (χ1v) is 6.92. The van der Waals surface area contributed by atoms with E-state index in [1.807, 2.05) is 31.2 Å². The Balaban J connectivity index is 2.08. The molecular weight excluding hydrogens is 256 g/mol. The summed E-state index contributed by atoms with van der Waals surface area (Å²) in [5, 5.41) is 14.9. The van der Waals surface area contributed by atoms with Gasteiger partial charge in [-0.3, -0.25) is 9.59 Å². The van der Waals surface area contributed by atoms with E-state index < -0.39 is 5.97 Å². The van der Waals surface area contributed by atoms with Gasteiger partial charge in [0.2, 0.25) is 5.91 Å². The standard InChI is InChI=1S/C15H20N2O3/c1-2-11(7-14(18)19)17-15(20)13-9-16-8-10-5-3-4-6-12(10)13/h3-6,11,13,16H,2,7-9H2,1H3,(H,17,20)(H,18,19). The van der Waals surface area contributed by atoms with Crippen molar-refractivity contribution in [2.75, 3.05) is 6.54 Å². The van der Waals surface area contributed by atoms with Crippen molar-refractivity contribution >= 4 is 11.9 Å². The van der Waals surface area contributed by atoms with Gasteiger partial charge in [-0.1, -0.05) is 31.2 Å². The molecule has 1 aliphatic rings. The highest BCUT2D eigenvalue weighted by Gasteiger charge is 2.27. The molecule has 1 aromatic rings. The van der Waals surface area contributed by atoms with Crippen molar-refractivity contribution in [1.29, 1.82) is 0 Å². The van der Waals surface area contributed by atoms with Gasteiger partial charge in [-0.25, -0.2) is 0 Å². The van der Waals surface area contributed by atoms with E-state index in [2.05, 4.69) is 10.6 Å². The van der Waals surface area contributed by atoms with Gasteiger partial charge in [-0.15, -0.1) is 0 Å². The third-order valence-corrected chi connectivity index (χ3v) is 3.67. The number of aliphatic carboxylic acids is 1. The van der Waals surface area contributed by atoms with E-state index >= 15 is 0 Å². The first-order chi connectivity index (χ1) is 9.61. The molecule has 1 aliphatic heterocycles. The van der Waals surface area contributed by atoms with Crippen LogP contribution >= 0.6 is 0 Å². The van der Waals surface area contributed by atoms with Crippen LogP contribution in [0.2, 0.25) is 0 Å². The zero-order valence-electron chi connectivity index (χ0n) is 11.6. The summed E-state index contributed by atoms with van der Waals surface area (Å²) in [6, 6.07) is 7.56. The van der Waals surface area contributed by atoms with E-state index in [9.17, 15) is 9.59 Å². The van der Waals surface area contributed by atoms with Gasteiger partial charge in [0.1, 0.15) is 0 Å². The Bertz CT molecular complexity index is 502. The number of carboxylic acid groups (broad SMARTS) is 1. The quantitative estimate of drug-likeness (QED) is 0.756. The van der Waals surface area contributed by atoms with Crippen molar-refractivity contribution in [1.82, 2.24) is 10.6 Å². The molecule has 1 aromatic carbocycles. The van der Waals surface area contributed by atoms with Crippen molar-refractivity contribution in [3.63, 3.8) is 0 Å².